The predicted octanol–water partition coefficient (Wildman–Crippen LogP) is 1.91. The van der Waals surface area contributed by atoms with E-state index in [0.29, 0.717) is 6.04 Å². The van der Waals surface area contributed by atoms with Crippen LogP contribution in [0.4, 0.5) is 10.7 Å². The maximum absolute atomic E-state index is 11.3. The Morgan fingerprint density at radius 1 is 1.77 bits per heavy atom. The van der Waals surface area contributed by atoms with Gasteiger partial charge in [-0.2, -0.15) is 0 Å². The number of hydrogen-bond donors (Lipinski definition) is 1. The van der Waals surface area contributed by atoms with Crippen molar-refractivity contribution in [3.05, 3.63) is 11.4 Å². The largest absolute Gasteiger partial charge is 0.378 e. The molecule has 13 heavy (non-hydrogen) atoms. The molecule has 1 aliphatic heterocycles. The van der Waals surface area contributed by atoms with E-state index in [4.69, 9.17) is 0 Å². The summed E-state index contributed by atoms with van der Waals surface area (Å²) in [6, 6.07) is 2.36. The first-order valence-electron chi connectivity index (χ1n) is 4.30. The van der Waals surface area contributed by atoms with Crippen LogP contribution < -0.4 is 10.2 Å². The molecular formula is C9H12N2OS. The maximum Gasteiger partial charge on any atom is 0.224 e. The van der Waals surface area contributed by atoms with Gasteiger partial charge in [0.15, 0.2) is 0 Å². The highest BCUT2D eigenvalue weighted by molar-refractivity contribution is 7.15. The van der Waals surface area contributed by atoms with Gasteiger partial charge in [0.1, 0.15) is 5.00 Å². The van der Waals surface area contributed by atoms with Crippen molar-refractivity contribution in [2.75, 3.05) is 16.8 Å². The lowest BCUT2D eigenvalue weighted by Crippen LogP contribution is -2.41. The smallest absolute Gasteiger partial charge is 0.224 e. The lowest BCUT2D eigenvalue weighted by molar-refractivity contribution is -0.116. The van der Waals surface area contributed by atoms with Crippen molar-refractivity contribution in [2.45, 2.75) is 19.9 Å². The number of anilines is 2. The summed E-state index contributed by atoms with van der Waals surface area (Å²) in [7, 11) is 0. The summed E-state index contributed by atoms with van der Waals surface area (Å²) < 4.78 is 0. The van der Waals surface area contributed by atoms with Crippen LogP contribution >= 0.6 is 11.3 Å². The van der Waals surface area contributed by atoms with Crippen LogP contribution in [0.5, 0.6) is 0 Å². The van der Waals surface area contributed by atoms with E-state index in [1.54, 1.807) is 18.3 Å². The van der Waals surface area contributed by atoms with Crippen molar-refractivity contribution in [2.24, 2.45) is 0 Å². The van der Waals surface area contributed by atoms with Gasteiger partial charge in [-0.05, 0) is 18.4 Å². The third kappa shape index (κ3) is 1.42. The van der Waals surface area contributed by atoms with Crippen LogP contribution in [0, 0.1) is 0 Å². The summed E-state index contributed by atoms with van der Waals surface area (Å²) in [6.07, 6.45) is 0. The minimum absolute atomic E-state index is 0.122. The van der Waals surface area contributed by atoms with Gasteiger partial charge in [0.2, 0.25) is 5.91 Å². The van der Waals surface area contributed by atoms with Gasteiger partial charge in [0.05, 0.1) is 5.69 Å². The van der Waals surface area contributed by atoms with Gasteiger partial charge in [-0.3, -0.25) is 4.79 Å². The Hall–Kier alpha value is -1.03. The van der Waals surface area contributed by atoms with Crippen LogP contribution in [0.3, 0.4) is 0 Å². The Bertz CT molecular complexity index is 334. The van der Waals surface area contributed by atoms with Crippen LogP contribution in [0.25, 0.3) is 0 Å². The molecule has 1 aromatic heterocycles. The molecule has 0 aromatic carbocycles. The van der Waals surface area contributed by atoms with E-state index in [9.17, 15) is 4.79 Å². The maximum atomic E-state index is 11.3. The quantitative estimate of drug-likeness (QED) is 0.687. The second-order valence-corrected chi connectivity index (χ2v) is 4.21. The van der Waals surface area contributed by atoms with Crippen molar-refractivity contribution < 1.29 is 4.79 Å². The highest BCUT2D eigenvalue weighted by Crippen LogP contribution is 2.36. The Balaban J connectivity index is 2.38. The summed E-state index contributed by atoms with van der Waals surface area (Å²) in [6.45, 7) is 4.46. The highest BCUT2D eigenvalue weighted by atomic mass is 32.1. The minimum atomic E-state index is 0.122. The lowest BCUT2D eigenvalue weighted by Gasteiger charge is -2.31. The van der Waals surface area contributed by atoms with Crippen molar-refractivity contribution in [1.82, 2.24) is 0 Å². The molecule has 4 heteroatoms. The predicted molar refractivity (Wildman–Crippen MR) is 55.4 cm³/mol. The van der Waals surface area contributed by atoms with Gasteiger partial charge in [0, 0.05) is 19.5 Å². The van der Waals surface area contributed by atoms with Crippen LogP contribution in [-0.4, -0.2) is 18.5 Å². The summed E-state index contributed by atoms with van der Waals surface area (Å²) in [5, 5.41) is 6.39. The second-order valence-electron chi connectivity index (χ2n) is 3.31. The zero-order valence-electron chi connectivity index (χ0n) is 7.70. The summed E-state index contributed by atoms with van der Waals surface area (Å²) in [5.74, 6) is 0.122. The number of carbonyl (C=O) groups excluding carboxylic acids is 1. The Kier molecular flexibility index (Phi) is 2.00. The van der Waals surface area contributed by atoms with Crippen molar-refractivity contribution in [3.63, 3.8) is 0 Å². The number of amides is 1. The second kappa shape index (κ2) is 3.03. The SMILES string of the molecule is CC(=O)N1CC(C)Nc2ccsc21. The molecule has 70 valence electrons. The van der Waals surface area contributed by atoms with Crippen LogP contribution in [-0.2, 0) is 4.79 Å². The summed E-state index contributed by atoms with van der Waals surface area (Å²) >= 11 is 1.61. The number of rotatable bonds is 0. The zero-order valence-corrected chi connectivity index (χ0v) is 8.52. The number of fused-ring (bicyclic) bond motifs is 1. The third-order valence-electron chi connectivity index (χ3n) is 2.13. The molecule has 1 atom stereocenters. The average molecular weight is 196 g/mol. The van der Waals surface area contributed by atoms with Crippen LogP contribution in [0.15, 0.2) is 11.4 Å². The molecule has 0 fully saturated rings. The number of nitrogens with zero attached hydrogens (tertiary/aromatic N) is 1. The molecule has 2 heterocycles. The van der Waals surface area contributed by atoms with E-state index in [1.165, 1.54) is 0 Å². The first kappa shape index (κ1) is 8.56. The Labute approximate surface area is 81.4 Å². The molecule has 2 rings (SSSR count). The monoisotopic (exact) mass is 196 g/mol. The van der Waals surface area contributed by atoms with Crippen LogP contribution in [0.1, 0.15) is 13.8 Å². The number of hydrogen-bond acceptors (Lipinski definition) is 3. The molecule has 0 saturated heterocycles. The molecule has 0 radical (unpaired) electrons. The molecule has 0 aliphatic carbocycles. The molecular weight excluding hydrogens is 184 g/mol. The van der Waals surface area contributed by atoms with E-state index in [2.05, 4.69) is 12.2 Å². The van der Waals surface area contributed by atoms with Gasteiger partial charge in [-0.15, -0.1) is 11.3 Å². The van der Waals surface area contributed by atoms with Crippen molar-refractivity contribution in [3.8, 4) is 0 Å². The first-order chi connectivity index (χ1) is 6.18. The molecule has 1 aliphatic rings. The van der Waals surface area contributed by atoms with E-state index in [-0.39, 0.29) is 5.91 Å². The zero-order chi connectivity index (χ0) is 9.42. The molecule has 1 amide bonds. The molecule has 3 nitrogen and oxygen atoms in total. The van der Waals surface area contributed by atoms with Crippen LogP contribution in [0.2, 0.25) is 0 Å². The third-order valence-corrected chi connectivity index (χ3v) is 3.06. The lowest BCUT2D eigenvalue weighted by atomic mass is 10.2. The molecule has 1 N–H and O–H groups in total. The Morgan fingerprint density at radius 3 is 3.23 bits per heavy atom. The topological polar surface area (TPSA) is 32.3 Å². The standard InChI is InChI=1S/C9H12N2OS/c1-6-5-11(7(2)12)9-8(10-6)3-4-13-9/h3-4,6,10H,5H2,1-2H3. The number of thiophene rings is 1. The number of carbonyl (C=O) groups is 1. The summed E-state index contributed by atoms with van der Waals surface area (Å²) in [4.78, 5) is 13.1. The molecule has 0 bridgehead atoms. The van der Waals surface area contributed by atoms with Gasteiger partial charge in [-0.25, -0.2) is 0 Å². The van der Waals surface area contributed by atoms with Gasteiger partial charge in [-0.1, -0.05) is 0 Å². The molecule has 1 aromatic rings. The summed E-state index contributed by atoms with van der Waals surface area (Å²) in [5.41, 5.74) is 1.08. The fraction of sp³-hybridized carbons (Fsp3) is 0.444. The normalized spacial score (nSPS) is 20.8. The molecule has 0 saturated carbocycles. The van der Waals surface area contributed by atoms with Gasteiger partial charge < -0.3 is 10.2 Å². The van der Waals surface area contributed by atoms with Crippen molar-refractivity contribution in [1.29, 1.82) is 0 Å². The number of nitrogens with one attached hydrogen (secondary N) is 1. The van der Waals surface area contributed by atoms with E-state index in [1.807, 2.05) is 16.3 Å². The van der Waals surface area contributed by atoms with Gasteiger partial charge in [0.25, 0.3) is 0 Å². The first-order valence-corrected chi connectivity index (χ1v) is 5.18. The molecule has 0 spiro atoms. The van der Waals surface area contributed by atoms with E-state index in [0.717, 1.165) is 17.2 Å². The van der Waals surface area contributed by atoms with E-state index < -0.39 is 0 Å². The Morgan fingerprint density at radius 2 is 2.54 bits per heavy atom. The fourth-order valence-electron chi connectivity index (χ4n) is 1.56. The highest BCUT2D eigenvalue weighted by Gasteiger charge is 2.24. The van der Waals surface area contributed by atoms with Crippen molar-refractivity contribution >= 4 is 27.9 Å². The molecule has 1 unspecified atom stereocenters. The minimum Gasteiger partial charge on any atom is -0.378 e. The fourth-order valence-corrected chi connectivity index (χ4v) is 2.48. The van der Waals surface area contributed by atoms with E-state index >= 15 is 0 Å². The average Bonchev–Trinajstić information content (AvgIpc) is 2.49. The van der Waals surface area contributed by atoms with Gasteiger partial charge >= 0.3 is 0 Å².